The van der Waals surface area contributed by atoms with Crippen molar-refractivity contribution in [3.05, 3.63) is 118 Å². The van der Waals surface area contributed by atoms with Gasteiger partial charge in [-0.15, -0.1) is 11.8 Å². The molecule has 43 heavy (non-hydrogen) atoms. The Balaban J connectivity index is 1.49. The highest BCUT2D eigenvalue weighted by molar-refractivity contribution is 8.00. The second-order valence-electron chi connectivity index (χ2n) is 9.28. The van der Waals surface area contributed by atoms with Crippen LogP contribution in [-0.4, -0.2) is 37.7 Å². The number of carbonyl (C=O) groups is 3. The van der Waals surface area contributed by atoms with E-state index >= 15 is 0 Å². The summed E-state index contributed by atoms with van der Waals surface area (Å²) in [5, 5.41) is 8.98. The Morgan fingerprint density at radius 1 is 0.814 bits per heavy atom. The molecule has 4 rings (SSSR count). The molecule has 3 N–H and O–H groups in total. The molecule has 0 unspecified atom stereocenters. The number of hydrogen-bond acceptors (Lipinski definition) is 6. The average molecular weight is 616 g/mol. The Kier molecular flexibility index (Phi) is 10.9. The maximum atomic E-state index is 13.5. The second-order valence-corrected chi connectivity index (χ2v) is 10.7. The van der Waals surface area contributed by atoms with Crippen molar-refractivity contribution in [1.29, 1.82) is 0 Å². The predicted molar refractivity (Wildman–Crippen MR) is 172 cm³/mol. The average Bonchev–Trinajstić information content (AvgIpc) is 3.02. The molecule has 4 aromatic rings. The van der Waals surface area contributed by atoms with Crippen LogP contribution in [0.4, 0.5) is 11.4 Å². The first-order chi connectivity index (χ1) is 20.7. The molecular formula is C33H30ClN3O5S. The van der Waals surface area contributed by atoms with Gasteiger partial charge in [0.25, 0.3) is 11.8 Å². The highest BCUT2D eigenvalue weighted by atomic mass is 35.5. The van der Waals surface area contributed by atoms with Gasteiger partial charge in [-0.3, -0.25) is 14.4 Å². The van der Waals surface area contributed by atoms with Gasteiger partial charge < -0.3 is 25.4 Å². The zero-order valence-electron chi connectivity index (χ0n) is 23.8. The summed E-state index contributed by atoms with van der Waals surface area (Å²) in [6.07, 6.45) is 1.55. The summed E-state index contributed by atoms with van der Waals surface area (Å²) in [6.45, 7) is 1.89. The van der Waals surface area contributed by atoms with Gasteiger partial charge in [0.05, 0.1) is 20.0 Å². The smallest absolute Gasteiger partial charge is 0.272 e. The van der Waals surface area contributed by atoms with Crippen LogP contribution in [0.3, 0.4) is 0 Å². The zero-order valence-corrected chi connectivity index (χ0v) is 25.3. The lowest BCUT2D eigenvalue weighted by Gasteiger charge is -2.13. The second kappa shape index (κ2) is 14.9. The number of rotatable bonds is 11. The van der Waals surface area contributed by atoms with Gasteiger partial charge in [-0.05, 0) is 78.7 Å². The van der Waals surface area contributed by atoms with Crippen LogP contribution >= 0.6 is 23.4 Å². The number of carbonyl (C=O) groups excluding carboxylic acids is 3. The molecule has 0 fully saturated rings. The first kappa shape index (κ1) is 31.2. The Morgan fingerprint density at radius 2 is 1.56 bits per heavy atom. The van der Waals surface area contributed by atoms with Crippen molar-refractivity contribution in [1.82, 2.24) is 5.32 Å². The molecule has 0 aromatic heterocycles. The van der Waals surface area contributed by atoms with Crippen LogP contribution in [-0.2, 0) is 9.59 Å². The van der Waals surface area contributed by atoms with Gasteiger partial charge in [0.2, 0.25) is 5.91 Å². The number of ether oxygens (including phenoxy) is 2. The largest absolute Gasteiger partial charge is 0.493 e. The molecule has 4 aromatic carbocycles. The van der Waals surface area contributed by atoms with Crippen molar-refractivity contribution in [3.63, 3.8) is 0 Å². The monoisotopic (exact) mass is 615 g/mol. The van der Waals surface area contributed by atoms with E-state index in [-0.39, 0.29) is 17.4 Å². The van der Waals surface area contributed by atoms with E-state index in [1.54, 1.807) is 84.9 Å². The van der Waals surface area contributed by atoms with Gasteiger partial charge >= 0.3 is 0 Å². The van der Waals surface area contributed by atoms with E-state index in [4.69, 9.17) is 21.1 Å². The van der Waals surface area contributed by atoms with E-state index in [1.807, 2.05) is 19.1 Å². The highest BCUT2D eigenvalue weighted by Crippen LogP contribution is 2.29. The minimum absolute atomic E-state index is 0.0234. The van der Waals surface area contributed by atoms with E-state index in [9.17, 15) is 14.4 Å². The van der Waals surface area contributed by atoms with Gasteiger partial charge in [0.15, 0.2) is 11.5 Å². The normalized spacial score (nSPS) is 10.9. The van der Waals surface area contributed by atoms with Gasteiger partial charge in [0, 0.05) is 26.9 Å². The molecule has 0 aliphatic rings. The van der Waals surface area contributed by atoms with Crippen LogP contribution in [0.2, 0.25) is 5.02 Å². The molecular weight excluding hydrogens is 586 g/mol. The topological polar surface area (TPSA) is 106 Å². The standard InChI is InChI=1S/C33H30ClN3O5S/c1-21-12-14-25(19-27(21)34)35-31(38)20-43-26-11-7-10-24(18-26)36-33(40)28(37-32(39)23-8-5-4-6-9-23)16-22-13-15-29(41-2)30(17-22)42-3/h4-19H,20H2,1-3H3,(H,35,38)(H,36,40)(H,37,39)/b28-16+. The molecule has 0 radical (unpaired) electrons. The highest BCUT2D eigenvalue weighted by Gasteiger charge is 2.16. The van der Waals surface area contributed by atoms with Crippen molar-refractivity contribution in [2.75, 3.05) is 30.6 Å². The van der Waals surface area contributed by atoms with E-state index in [0.717, 1.165) is 10.5 Å². The molecule has 0 bridgehead atoms. The molecule has 10 heteroatoms. The summed E-state index contributed by atoms with van der Waals surface area (Å²) in [6, 6.07) is 26.2. The summed E-state index contributed by atoms with van der Waals surface area (Å²) in [5.74, 6) is 0.000717. The van der Waals surface area contributed by atoms with Crippen LogP contribution in [0.1, 0.15) is 21.5 Å². The lowest BCUT2D eigenvalue weighted by molar-refractivity contribution is -0.114. The number of aryl methyl sites for hydroxylation is 1. The molecule has 8 nitrogen and oxygen atoms in total. The maximum Gasteiger partial charge on any atom is 0.272 e. The fraction of sp³-hybridized carbons (Fsp3) is 0.121. The van der Waals surface area contributed by atoms with Gasteiger partial charge in [-0.1, -0.05) is 48.0 Å². The van der Waals surface area contributed by atoms with Crippen molar-refractivity contribution >= 4 is 58.5 Å². The van der Waals surface area contributed by atoms with Crippen molar-refractivity contribution in [3.8, 4) is 11.5 Å². The predicted octanol–water partition coefficient (Wildman–Crippen LogP) is 6.81. The first-order valence-corrected chi connectivity index (χ1v) is 14.5. The summed E-state index contributed by atoms with van der Waals surface area (Å²) < 4.78 is 10.7. The van der Waals surface area contributed by atoms with Crippen LogP contribution in [0.15, 0.2) is 102 Å². The van der Waals surface area contributed by atoms with Crippen molar-refractivity contribution < 1.29 is 23.9 Å². The SMILES string of the molecule is COc1ccc(/C=C(/NC(=O)c2ccccc2)C(=O)Nc2cccc(SCC(=O)Nc3ccc(C)c(Cl)c3)c2)cc1OC. The van der Waals surface area contributed by atoms with E-state index in [0.29, 0.717) is 39.0 Å². The van der Waals surface area contributed by atoms with Crippen molar-refractivity contribution in [2.45, 2.75) is 11.8 Å². The minimum atomic E-state index is -0.532. The number of hydrogen-bond donors (Lipinski definition) is 3. The Hall–Kier alpha value is -4.73. The van der Waals surface area contributed by atoms with E-state index in [2.05, 4.69) is 16.0 Å². The molecule has 0 spiro atoms. The number of benzene rings is 4. The maximum absolute atomic E-state index is 13.5. The van der Waals surface area contributed by atoms with Gasteiger partial charge in [-0.2, -0.15) is 0 Å². The molecule has 0 heterocycles. The van der Waals surface area contributed by atoms with Crippen LogP contribution < -0.4 is 25.4 Å². The molecule has 0 aliphatic carbocycles. The fourth-order valence-electron chi connectivity index (χ4n) is 3.93. The van der Waals surface area contributed by atoms with Crippen molar-refractivity contribution in [2.24, 2.45) is 0 Å². The number of anilines is 2. The van der Waals surface area contributed by atoms with E-state index < -0.39 is 11.8 Å². The lowest BCUT2D eigenvalue weighted by atomic mass is 10.1. The summed E-state index contributed by atoms with van der Waals surface area (Å²) in [4.78, 5) is 39.7. The number of halogens is 1. The lowest BCUT2D eigenvalue weighted by Crippen LogP contribution is -2.30. The minimum Gasteiger partial charge on any atom is -0.493 e. The summed E-state index contributed by atoms with van der Waals surface area (Å²) in [5.41, 5.74) is 3.07. The molecule has 0 saturated carbocycles. The zero-order chi connectivity index (χ0) is 30.8. The number of nitrogens with one attached hydrogen (secondary N) is 3. The molecule has 0 saturated heterocycles. The summed E-state index contributed by atoms with van der Waals surface area (Å²) >= 11 is 7.47. The van der Waals surface area contributed by atoms with Crippen LogP contribution in [0.5, 0.6) is 11.5 Å². The number of thioether (sulfide) groups is 1. The molecule has 220 valence electrons. The number of methoxy groups -OCH3 is 2. The van der Waals surface area contributed by atoms with Crippen LogP contribution in [0, 0.1) is 6.92 Å². The fourth-order valence-corrected chi connectivity index (χ4v) is 4.87. The molecule has 0 aliphatic heterocycles. The summed E-state index contributed by atoms with van der Waals surface area (Å²) in [7, 11) is 3.05. The quantitative estimate of drug-likeness (QED) is 0.126. The Labute approximate surface area is 259 Å². The Bertz CT molecular complexity index is 1660. The van der Waals surface area contributed by atoms with Gasteiger partial charge in [-0.25, -0.2) is 0 Å². The number of amides is 3. The Morgan fingerprint density at radius 3 is 2.28 bits per heavy atom. The van der Waals surface area contributed by atoms with E-state index in [1.165, 1.54) is 26.0 Å². The molecule has 3 amide bonds. The third-order valence-electron chi connectivity index (χ3n) is 6.16. The van der Waals surface area contributed by atoms with Gasteiger partial charge in [0.1, 0.15) is 5.70 Å². The third-order valence-corrected chi connectivity index (χ3v) is 7.57. The van der Waals surface area contributed by atoms with Crippen LogP contribution in [0.25, 0.3) is 6.08 Å². The molecule has 0 atom stereocenters. The first-order valence-electron chi connectivity index (χ1n) is 13.2. The third kappa shape index (κ3) is 8.88.